The zero-order chi connectivity index (χ0) is 24.7. The molecule has 0 aliphatic rings. The van der Waals surface area contributed by atoms with Crippen molar-refractivity contribution in [2.75, 3.05) is 25.1 Å². The highest BCUT2D eigenvalue weighted by molar-refractivity contribution is 7.17. The average molecular weight is 485 g/mol. The van der Waals surface area contributed by atoms with Crippen LogP contribution in [0.3, 0.4) is 0 Å². The number of nitro benzene ring substituents is 1. The Morgan fingerprint density at radius 3 is 2.24 bits per heavy atom. The Bertz CT molecular complexity index is 1190. The zero-order valence-electron chi connectivity index (χ0n) is 19.0. The first kappa shape index (κ1) is 24.7. The highest BCUT2D eigenvalue weighted by Crippen LogP contribution is 2.41. The van der Waals surface area contributed by atoms with Crippen molar-refractivity contribution in [2.45, 2.75) is 20.8 Å². The molecule has 1 amide bonds. The number of anilines is 1. The molecule has 0 bridgehead atoms. The van der Waals surface area contributed by atoms with E-state index in [0.29, 0.717) is 34.2 Å². The molecule has 10 heteroatoms. The van der Waals surface area contributed by atoms with Gasteiger partial charge in [0.15, 0.2) is 18.1 Å². The Hall–Kier alpha value is -3.92. The van der Waals surface area contributed by atoms with Crippen molar-refractivity contribution in [1.29, 1.82) is 0 Å². The fraction of sp³-hybridized carbons (Fsp3) is 0.250. The van der Waals surface area contributed by atoms with Crippen molar-refractivity contribution < 1.29 is 28.7 Å². The van der Waals surface area contributed by atoms with E-state index in [1.807, 2.05) is 6.92 Å². The normalized spacial score (nSPS) is 10.4. The third-order valence-electron chi connectivity index (χ3n) is 4.69. The molecule has 0 radical (unpaired) electrons. The summed E-state index contributed by atoms with van der Waals surface area (Å²) in [5, 5.41) is 14.0. The largest absolute Gasteiger partial charge is 0.490 e. The predicted octanol–water partition coefficient (Wildman–Crippen LogP) is 5.22. The minimum Gasteiger partial charge on any atom is -0.490 e. The highest BCUT2D eigenvalue weighted by Gasteiger charge is 2.26. The summed E-state index contributed by atoms with van der Waals surface area (Å²) in [5.41, 5.74) is 1.29. The molecule has 9 nitrogen and oxygen atoms in total. The number of amides is 1. The van der Waals surface area contributed by atoms with E-state index in [2.05, 4.69) is 5.32 Å². The van der Waals surface area contributed by atoms with Gasteiger partial charge in [-0.15, -0.1) is 11.3 Å². The van der Waals surface area contributed by atoms with Gasteiger partial charge in [-0.2, -0.15) is 0 Å². The number of aryl methyl sites for hydroxylation is 1. The Morgan fingerprint density at radius 2 is 1.65 bits per heavy atom. The maximum atomic E-state index is 12.8. The molecule has 1 heterocycles. The number of nitro groups is 1. The molecule has 3 aromatic rings. The van der Waals surface area contributed by atoms with Gasteiger partial charge in [0.25, 0.3) is 11.6 Å². The van der Waals surface area contributed by atoms with E-state index in [1.54, 1.807) is 50.2 Å². The molecular weight excluding hydrogens is 460 g/mol. The number of non-ortho nitro benzene ring substituents is 1. The van der Waals surface area contributed by atoms with Crippen LogP contribution in [0.4, 0.5) is 10.7 Å². The van der Waals surface area contributed by atoms with E-state index in [-0.39, 0.29) is 24.5 Å². The van der Waals surface area contributed by atoms with Gasteiger partial charge in [-0.05, 0) is 50.6 Å². The number of carbonyl (C=O) groups excluding carboxylic acids is 2. The van der Waals surface area contributed by atoms with Crippen LogP contribution >= 0.6 is 11.3 Å². The molecule has 0 aliphatic carbocycles. The van der Waals surface area contributed by atoms with Gasteiger partial charge in [0.1, 0.15) is 10.6 Å². The van der Waals surface area contributed by atoms with Crippen molar-refractivity contribution >= 4 is 33.9 Å². The summed E-state index contributed by atoms with van der Waals surface area (Å²) in [6, 6.07) is 12.9. The number of para-hydroxylation sites is 2. The molecule has 0 aliphatic heterocycles. The second-order valence-electron chi connectivity index (χ2n) is 6.98. The molecule has 0 spiro atoms. The van der Waals surface area contributed by atoms with Crippen LogP contribution in [0.2, 0.25) is 0 Å². The number of nitrogens with zero attached hydrogens (tertiary/aromatic N) is 1. The van der Waals surface area contributed by atoms with Crippen LogP contribution < -0.4 is 14.8 Å². The molecule has 0 saturated carbocycles. The molecular formula is C24H24N2O7S. The summed E-state index contributed by atoms with van der Waals surface area (Å²) in [6.07, 6.45) is 0. The summed E-state index contributed by atoms with van der Waals surface area (Å²) in [7, 11) is 0. The zero-order valence-corrected chi connectivity index (χ0v) is 19.8. The molecule has 3 rings (SSSR count). The van der Waals surface area contributed by atoms with Crippen LogP contribution in [0.1, 0.15) is 29.1 Å². The number of esters is 1. The monoisotopic (exact) mass is 484 g/mol. The second-order valence-corrected chi connectivity index (χ2v) is 8.20. The summed E-state index contributed by atoms with van der Waals surface area (Å²) in [6.45, 7) is 5.64. The predicted molar refractivity (Wildman–Crippen MR) is 129 cm³/mol. The molecule has 1 aromatic heterocycles. The number of ether oxygens (including phenoxy) is 3. The number of hydrogen-bond donors (Lipinski definition) is 1. The standard InChI is InChI=1S/C24H24N2O7S/c1-4-31-18-8-6-7-9-19(18)33-14-20(27)25-23-22(24(28)32-5-2)21(15(3)34-23)16-10-12-17(13-11-16)26(29)30/h6-13H,4-5,14H2,1-3H3,(H,25,27). The first-order valence-corrected chi connectivity index (χ1v) is 11.4. The maximum absolute atomic E-state index is 12.8. The molecule has 34 heavy (non-hydrogen) atoms. The fourth-order valence-corrected chi connectivity index (χ4v) is 4.36. The SMILES string of the molecule is CCOC(=O)c1c(NC(=O)COc2ccccc2OCC)sc(C)c1-c1ccc([N+](=O)[O-])cc1. The molecule has 0 atom stereocenters. The van der Waals surface area contributed by atoms with Gasteiger partial charge in [0, 0.05) is 22.6 Å². The van der Waals surface area contributed by atoms with Crippen LogP contribution in [0.5, 0.6) is 11.5 Å². The van der Waals surface area contributed by atoms with Gasteiger partial charge in [-0.3, -0.25) is 14.9 Å². The first-order chi connectivity index (χ1) is 16.3. The maximum Gasteiger partial charge on any atom is 0.341 e. The lowest BCUT2D eigenvalue weighted by molar-refractivity contribution is -0.384. The van der Waals surface area contributed by atoms with Crippen molar-refractivity contribution in [1.82, 2.24) is 0 Å². The quantitative estimate of drug-likeness (QED) is 0.238. The molecule has 2 aromatic carbocycles. The van der Waals surface area contributed by atoms with E-state index in [9.17, 15) is 19.7 Å². The topological polar surface area (TPSA) is 117 Å². The van der Waals surface area contributed by atoms with E-state index in [4.69, 9.17) is 14.2 Å². The van der Waals surface area contributed by atoms with Gasteiger partial charge in [0.05, 0.1) is 18.1 Å². The third kappa shape index (κ3) is 5.70. The van der Waals surface area contributed by atoms with Crippen LogP contribution in [0.25, 0.3) is 11.1 Å². The number of carbonyl (C=O) groups is 2. The van der Waals surface area contributed by atoms with Crippen LogP contribution in [-0.2, 0) is 9.53 Å². The Balaban J connectivity index is 1.86. The van der Waals surface area contributed by atoms with Gasteiger partial charge >= 0.3 is 5.97 Å². The summed E-state index contributed by atoms with van der Waals surface area (Å²) in [4.78, 5) is 36.7. The molecule has 0 unspecified atom stereocenters. The lowest BCUT2D eigenvalue weighted by Gasteiger charge is -2.12. The highest BCUT2D eigenvalue weighted by atomic mass is 32.1. The third-order valence-corrected chi connectivity index (χ3v) is 5.71. The van der Waals surface area contributed by atoms with Gasteiger partial charge < -0.3 is 19.5 Å². The van der Waals surface area contributed by atoms with Crippen molar-refractivity contribution in [3.8, 4) is 22.6 Å². The van der Waals surface area contributed by atoms with E-state index in [0.717, 1.165) is 4.88 Å². The number of nitrogens with one attached hydrogen (secondary N) is 1. The van der Waals surface area contributed by atoms with Gasteiger partial charge in [-0.25, -0.2) is 4.79 Å². The van der Waals surface area contributed by atoms with Crippen molar-refractivity contribution in [3.05, 3.63) is 69.1 Å². The summed E-state index contributed by atoms with van der Waals surface area (Å²) >= 11 is 1.21. The lowest BCUT2D eigenvalue weighted by Crippen LogP contribution is -2.21. The Kier molecular flexibility index (Phi) is 8.20. The Morgan fingerprint density at radius 1 is 1.00 bits per heavy atom. The smallest absolute Gasteiger partial charge is 0.341 e. The van der Waals surface area contributed by atoms with E-state index in [1.165, 1.54) is 23.5 Å². The molecule has 0 fully saturated rings. The number of hydrogen-bond acceptors (Lipinski definition) is 8. The fourth-order valence-electron chi connectivity index (χ4n) is 3.28. The molecule has 178 valence electrons. The first-order valence-electron chi connectivity index (χ1n) is 10.6. The summed E-state index contributed by atoms with van der Waals surface area (Å²) < 4.78 is 16.3. The molecule has 0 saturated heterocycles. The minimum absolute atomic E-state index is 0.0627. The van der Waals surface area contributed by atoms with Crippen molar-refractivity contribution in [2.24, 2.45) is 0 Å². The van der Waals surface area contributed by atoms with Crippen LogP contribution in [0.15, 0.2) is 48.5 Å². The van der Waals surface area contributed by atoms with E-state index >= 15 is 0 Å². The van der Waals surface area contributed by atoms with Crippen molar-refractivity contribution in [3.63, 3.8) is 0 Å². The van der Waals surface area contributed by atoms with Gasteiger partial charge in [-0.1, -0.05) is 12.1 Å². The minimum atomic E-state index is -0.599. The number of benzene rings is 2. The number of rotatable bonds is 10. The number of thiophene rings is 1. The van der Waals surface area contributed by atoms with Crippen LogP contribution in [0, 0.1) is 17.0 Å². The van der Waals surface area contributed by atoms with Crippen LogP contribution in [-0.4, -0.2) is 36.6 Å². The Labute approximate surface area is 200 Å². The average Bonchev–Trinajstić information content (AvgIpc) is 3.14. The van der Waals surface area contributed by atoms with Gasteiger partial charge in [0.2, 0.25) is 0 Å². The van der Waals surface area contributed by atoms with E-state index < -0.39 is 16.8 Å². The lowest BCUT2D eigenvalue weighted by atomic mass is 10.0. The molecule has 1 N–H and O–H groups in total. The summed E-state index contributed by atoms with van der Waals surface area (Å²) in [5.74, 6) is -0.108. The second kappa shape index (κ2) is 11.3.